The maximum atomic E-state index is 13.6. The van der Waals surface area contributed by atoms with Crippen molar-refractivity contribution in [3.63, 3.8) is 0 Å². The Balaban J connectivity index is 1.59. The largest absolute Gasteiger partial charge is 0.353 e. The lowest BCUT2D eigenvalue weighted by Gasteiger charge is -2.45. The zero-order chi connectivity index (χ0) is 15.7. The molecule has 1 saturated heterocycles. The Morgan fingerprint density at radius 3 is 2.73 bits per heavy atom. The van der Waals surface area contributed by atoms with Crippen LogP contribution in [-0.2, 0) is 6.54 Å². The van der Waals surface area contributed by atoms with Crippen molar-refractivity contribution < 1.29 is 8.78 Å². The van der Waals surface area contributed by atoms with Crippen LogP contribution in [0.4, 0.5) is 14.6 Å². The Morgan fingerprint density at radius 1 is 1.27 bits per heavy atom. The van der Waals surface area contributed by atoms with E-state index in [1.807, 2.05) is 18.9 Å². The third kappa shape index (κ3) is 2.89. The van der Waals surface area contributed by atoms with Crippen LogP contribution in [0.15, 0.2) is 24.8 Å². The second-order valence-electron chi connectivity index (χ2n) is 5.59. The molecule has 5 nitrogen and oxygen atoms in total. The van der Waals surface area contributed by atoms with E-state index < -0.39 is 11.6 Å². The maximum absolute atomic E-state index is 13.6. The van der Waals surface area contributed by atoms with E-state index in [0.717, 1.165) is 36.7 Å². The molecule has 3 rings (SSSR count). The summed E-state index contributed by atoms with van der Waals surface area (Å²) < 4.78 is 26.5. The monoisotopic (exact) mass is 305 g/mol. The number of aryl methyl sites for hydroxylation is 1. The molecule has 7 heteroatoms. The standard InChI is InChI=1S/C15H17F2N5/c1-10-4-18-9-20-15(10)22-6-12(7-22)21(2)8-14-13(17)3-11(16)5-19-14/h3-5,9,12H,6-8H2,1-2H3. The van der Waals surface area contributed by atoms with Gasteiger partial charge in [-0.05, 0) is 14.0 Å². The summed E-state index contributed by atoms with van der Waals surface area (Å²) in [5.41, 5.74) is 1.30. The third-order valence-electron chi connectivity index (χ3n) is 3.94. The Morgan fingerprint density at radius 2 is 2.05 bits per heavy atom. The minimum Gasteiger partial charge on any atom is -0.353 e. The van der Waals surface area contributed by atoms with Gasteiger partial charge >= 0.3 is 0 Å². The number of hydrogen-bond acceptors (Lipinski definition) is 5. The normalized spacial score (nSPS) is 15.2. The highest BCUT2D eigenvalue weighted by atomic mass is 19.1. The van der Waals surface area contributed by atoms with Crippen LogP contribution in [0.25, 0.3) is 0 Å². The fourth-order valence-corrected chi connectivity index (χ4v) is 2.56. The predicted octanol–water partition coefficient (Wildman–Crippen LogP) is 1.78. The van der Waals surface area contributed by atoms with Gasteiger partial charge in [-0.25, -0.2) is 18.7 Å². The van der Waals surface area contributed by atoms with Crippen LogP contribution in [0.1, 0.15) is 11.3 Å². The summed E-state index contributed by atoms with van der Waals surface area (Å²) in [4.78, 5) is 16.3. The second kappa shape index (κ2) is 5.92. The van der Waals surface area contributed by atoms with Gasteiger partial charge in [0.15, 0.2) is 0 Å². The van der Waals surface area contributed by atoms with E-state index in [1.165, 1.54) is 6.33 Å². The molecule has 0 aromatic carbocycles. The van der Waals surface area contributed by atoms with Gasteiger partial charge in [-0.2, -0.15) is 0 Å². The summed E-state index contributed by atoms with van der Waals surface area (Å²) in [5.74, 6) is -0.321. The van der Waals surface area contributed by atoms with Crippen molar-refractivity contribution in [3.8, 4) is 0 Å². The van der Waals surface area contributed by atoms with Crippen molar-refractivity contribution in [1.82, 2.24) is 19.9 Å². The molecule has 0 unspecified atom stereocenters. The zero-order valence-electron chi connectivity index (χ0n) is 12.5. The summed E-state index contributed by atoms with van der Waals surface area (Å²) in [6, 6.07) is 1.16. The summed E-state index contributed by atoms with van der Waals surface area (Å²) in [6.07, 6.45) is 4.37. The number of halogens is 2. The molecule has 0 N–H and O–H groups in total. The molecular formula is C15H17F2N5. The Bertz CT molecular complexity index is 673. The molecule has 116 valence electrons. The molecule has 22 heavy (non-hydrogen) atoms. The van der Waals surface area contributed by atoms with Crippen molar-refractivity contribution in [2.75, 3.05) is 25.0 Å². The lowest BCUT2D eigenvalue weighted by atomic mass is 10.1. The van der Waals surface area contributed by atoms with Gasteiger partial charge in [-0.3, -0.25) is 9.88 Å². The summed E-state index contributed by atoms with van der Waals surface area (Å²) in [5, 5.41) is 0. The van der Waals surface area contributed by atoms with Crippen LogP contribution in [0.5, 0.6) is 0 Å². The van der Waals surface area contributed by atoms with E-state index >= 15 is 0 Å². The number of anilines is 1. The molecule has 0 bridgehead atoms. The number of hydrogen-bond donors (Lipinski definition) is 0. The van der Waals surface area contributed by atoms with Gasteiger partial charge in [0.05, 0.1) is 11.9 Å². The molecule has 0 radical (unpaired) electrons. The van der Waals surface area contributed by atoms with Gasteiger partial charge in [-0.1, -0.05) is 0 Å². The SMILES string of the molecule is Cc1cncnc1N1CC(N(C)Cc2ncc(F)cc2F)C1. The lowest BCUT2D eigenvalue weighted by Crippen LogP contribution is -2.58. The van der Waals surface area contributed by atoms with E-state index in [4.69, 9.17) is 0 Å². The average molecular weight is 305 g/mol. The highest BCUT2D eigenvalue weighted by molar-refractivity contribution is 5.47. The van der Waals surface area contributed by atoms with Crippen LogP contribution in [-0.4, -0.2) is 46.0 Å². The molecule has 0 atom stereocenters. The Hall–Kier alpha value is -2.15. The summed E-state index contributed by atoms with van der Waals surface area (Å²) >= 11 is 0. The van der Waals surface area contributed by atoms with Crippen LogP contribution in [0.3, 0.4) is 0 Å². The first-order valence-electron chi connectivity index (χ1n) is 7.06. The minimum absolute atomic E-state index is 0.264. The van der Waals surface area contributed by atoms with Gasteiger partial charge < -0.3 is 4.90 Å². The maximum Gasteiger partial charge on any atom is 0.148 e. The Kier molecular flexibility index (Phi) is 3.98. The molecule has 2 aromatic heterocycles. The quantitative estimate of drug-likeness (QED) is 0.861. The van der Waals surface area contributed by atoms with Crippen molar-refractivity contribution in [1.29, 1.82) is 0 Å². The van der Waals surface area contributed by atoms with Gasteiger partial charge in [0.1, 0.15) is 23.8 Å². The molecule has 1 aliphatic heterocycles. The van der Waals surface area contributed by atoms with Crippen LogP contribution in [0.2, 0.25) is 0 Å². The van der Waals surface area contributed by atoms with E-state index in [0.29, 0.717) is 12.6 Å². The molecular weight excluding hydrogens is 288 g/mol. The highest BCUT2D eigenvalue weighted by Crippen LogP contribution is 2.24. The minimum atomic E-state index is -0.655. The molecule has 0 amide bonds. The van der Waals surface area contributed by atoms with Gasteiger partial charge in [0.2, 0.25) is 0 Å². The van der Waals surface area contributed by atoms with E-state index in [1.54, 1.807) is 6.20 Å². The van der Waals surface area contributed by atoms with Crippen LogP contribution in [0, 0.1) is 18.6 Å². The number of pyridine rings is 1. The molecule has 1 fully saturated rings. The lowest BCUT2D eigenvalue weighted by molar-refractivity contribution is 0.192. The molecule has 0 saturated carbocycles. The fourth-order valence-electron chi connectivity index (χ4n) is 2.56. The van der Waals surface area contributed by atoms with E-state index in [9.17, 15) is 8.78 Å². The summed E-state index contributed by atoms with van der Waals surface area (Å²) in [6.45, 7) is 3.96. The van der Waals surface area contributed by atoms with Crippen LogP contribution >= 0.6 is 0 Å². The smallest absolute Gasteiger partial charge is 0.148 e. The molecule has 2 aromatic rings. The number of nitrogens with zero attached hydrogens (tertiary/aromatic N) is 5. The van der Waals surface area contributed by atoms with Crippen molar-refractivity contribution in [2.24, 2.45) is 0 Å². The second-order valence-corrected chi connectivity index (χ2v) is 5.59. The molecule has 0 spiro atoms. The first-order valence-corrected chi connectivity index (χ1v) is 7.06. The third-order valence-corrected chi connectivity index (χ3v) is 3.94. The highest BCUT2D eigenvalue weighted by Gasteiger charge is 2.32. The van der Waals surface area contributed by atoms with Gasteiger partial charge in [-0.15, -0.1) is 0 Å². The first kappa shape index (κ1) is 14.8. The van der Waals surface area contributed by atoms with E-state index in [2.05, 4.69) is 19.9 Å². The predicted molar refractivity (Wildman–Crippen MR) is 78.4 cm³/mol. The zero-order valence-corrected chi connectivity index (χ0v) is 12.5. The van der Waals surface area contributed by atoms with Crippen molar-refractivity contribution in [3.05, 3.63) is 47.7 Å². The van der Waals surface area contributed by atoms with Crippen molar-refractivity contribution >= 4 is 5.82 Å². The van der Waals surface area contributed by atoms with Gasteiger partial charge in [0.25, 0.3) is 0 Å². The Labute approximate surface area is 127 Å². The molecule has 3 heterocycles. The topological polar surface area (TPSA) is 45.2 Å². The first-order chi connectivity index (χ1) is 10.5. The fraction of sp³-hybridized carbons (Fsp3) is 0.400. The number of rotatable bonds is 4. The van der Waals surface area contributed by atoms with Crippen LogP contribution < -0.4 is 4.90 Å². The van der Waals surface area contributed by atoms with Gasteiger partial charge in [0, 0.05) is 43.5 Å². The molecule has 0 aliphatic carbocycles. The van der Waals surface area contributed by atoms with E-state index in [-0.39, 0.29) is 5.69 Å². The number of aromatic nitrogens is 3. The number of likely N-dealkylation sites (N-methyl/N-ethyl adjacent to an activating group) is 1. The molecule has 1 aliphatic rings. The van der Waals surface area contributed by atoms with Crippen molar-refractivity contribution in [2.45, 2.75) is 19.5 Å². The average Bonchev–Trinajstić information content (AvgIpc) is 2.42. The summed E-state index contributed by atoms with van der Waals surface area (Å²) in [7, 11) is 1.92.